The first-order valence-corrected chi connectivity index (χ1v) is 8.79. The molecule has 0 aromatic heterocycles. The van der Waals surface area contributed by atoms with Gasteiger partial charge in [-0.3, -0.25) is 9.69 Å². The van der Waals surface area contributed by atoms with E-state index >= 15 is 0 Å². The largest absolute Gasteiger partial charge is 0.497 e. The molecule has 1 saturated heterocycles. The lowest BCUT2D eigenvalue weighted by molar-refractivity contribution is -0.143. The number of hydrogen-bond donors (Lipinski definition) is 1. The van der Waals surface area contributed by atoms with Crippen LogP contribution in [0.2, 0.25) is 0 Å². The summed E-state index contributed by atoms with van der Waals surface area (Å²) >= 11 is 0. The quantitative estimate of drug-likeness (QED) is 0.857. The number of carboxylic acids is 1. The van der Waals surface area contributed by atoms with Gasteiger partial charge in [0.15, 0.2) is 0 Å². The van der Waals surface area contributed by atoms with E-state index in [1.807, 2.05) is 17.0 Å². The Hall–Kier alpha value is -2.53. The van der Waals surface area contributed by atoms with Crippen molar-refractivity contribution < 1.29 is 19.4 Å². The molecule has 0 spiro atoms. The number of likely N-dealkylation sites (tertiary alicyclic amines) is 1. The van der Waals surface area contributed by atoms with Gasteiger partial charge in [-0.1, -0.05) is 24.3 Å². The van der Waals surface area contributed by atoms with Crippen molar-refractivity contribution in [1.29, 1.82) is 0 Å². The molecule has 0 radical (unpaired) electrons. The monoisotopic (exact) mass is 355 g/mol. The second kappa shape index (κ2) is 7.79. The zero-order valence-corrected chi connectivity index (χ0v) is 15.4. The van der Waals surface area contributed by atoms with Gasteiger partial charge < -0.3 is 14.6 Å². The highest BCUT2D eigenvalue weighted by molar-refractivity contribution is 5.76. The summed E-state index contributed by atoms with van der Waals surface area (Å²) in [6, 6.07) is 12.9. The molecule has 3 rings (SSSR count). The molecule has 26 heavy (non-hydrogen) atoms. The lowest BCUT2D eigenvalue weighted by atomic mass is 9.94. The number of aryl methyl sites for hydroxylation is 1. The molecule has 5 heteroatoms. The Morgan fingerprint density at radius 3 is 2.38 bits per heavy atom. The van der Waals surface area contributed by atoms with E-state index in [-0.39, 0.29) is 0 Å². The summed E-state index contributed by atoms with van der Waals surface area (Å²) in [7, 11) is 3.14. The fourth-order valence-corrected chi connectivity index (χ4v) is 3.82. The Balaban J connectivity index is 1.88. The molecule has 2 aromatic rings. The molecule has 138 valence electrons. The standard InChI is InChI=1S/C21H25NO4/c1-14-6-4-5-7-19(14)15-8-9-22(13-15)20(21(23)24)16-10-17(25-2)12-18(11-16)26-3/h4-7,10-12,15,20H,8-9,13H2,1-3H3,(H,23,24). The normalized spacial score (nSPS) is 18.5. The van der Waals surface area contributed by atoms with Gasteiger partial charge in [-0.05, 0) is 54.6 Å². The molecule has 0 bridgehead atoms. The van der Waals surface area contributed by atoms with Gasteiger partial charge >= 0.3 is 5.97 Å². The van der Waals surface area contributed by atoms with Crippen molar-refractivity contribution in [3.05, 3.63) is 59.2 Å². The maximum absolute atomic E-state index is 12.1. The molecule has 0 saturated carbocycles. The van der Waals surface area contributed by atoms with Crippen molar-refractivity contribution >= 4 is 5.97 Å². The summed E-state index contributed by atoms with van der Waals surface area (Å²) in [5.74, 6) is 0.691. The maximum atomic E-state index is 12.1. The van der Waals surface area contributed by atoms with E-state index in [4.69, 9.17) is 9.47 Å². The smallest absolute Gasteiger partial charge is 0.325 e. The van der Waals surface area contributed by atoms with E-state index in [0.717, 1.165) is 19.5 Å². The van der Waals surface area contributed by atoms with Gasteiger partial charge in [0.1, 0.15) is 17.5 Å². The first-order chi connectivity index (χ1) is 12.5. The number of hydrogen-bond acceptors (Lipinski definition) is 4. The fourth-order valence-electron chi connectivity index (χ4n) is 3.82. The topological polar surface area (TPSA) is 59.0 Å². The summed E-state index contributed by atoms with van der Waals surface area (Å²) < 4.78 is 10.6. The van der Waals surface area contributed by atoms with Crippen LogP contribution in [0, 0.1) is 6.92 Å². The van der Waals surface area contributed by atoms with Gasteiger partial charge in [-0.25, -0.2) is 0 Å². The number of benzene rings is 2. The van der Waals surface area contributed by atoms with Crippen LogP contribution < -0.4 is 9.47 Å². The number of aliphatic carboxylic acids is 1. The van der Waals surface area contributed by atoms with Crippen molar-refractivity contribution in [2.75, 3.05) is 27.3 Å². The number of carbonyl (C=O) groups is 1. The van der Waals surface area contributed by atoms with Gasteiger partial charge in [0.2, 0.25) is 0 Å². The SMILES string of the molecule is COc1cc(OC)cc(C(C(=O)O)N2CCC(c3ccccc3C)C2)c1. The van der Waals surface area contributed by atoms with Crippen LogP contribution in [0.15, 0.2) is 42.5 Å². The molecule has 1 heterocycles. The minimum absolute atomic E-state index is 0.352. The van der Waals surface area contributed by atoms with Crippen LogP contribution in [-0.4, -0.2) is 43.3 Å². The third-order valence-corrected chi connectivity index (χ3v) is 5.14. The van der Waals surface area contributed by atoms with Gasteiger partial charge in [-0.15, -0.1) is 0 Å². The summed E-state index contributed by atoms with van der Waals surface area (Å²) in [6.07, 6.45) is 0.954. The van der Waals surface area contributed by atoms with E-state index in [0.29, 0.717) is 23.0 Å². The molecule has 1 aliphatic rings. The molecule has 1 aliphatic heterocycles. The Morgan fingerprint density at radius 2 is 1.81 bits per heavy atom. The molecule has 1 fully saturated rings. The molecular weight excluding hydrogens is 330 g/mol. The van der Waals surface area contributed by atoms with Crippen LogP contribution in [0.5, 0.6) is 11.5 Å². The average molecular weight is 355 g/mol. The van der Waals surface area contributed by atoms with E-state index in [9.17, 15) is 9.90 Å². The number of nitrogens with zero attached hydrogens (tertiary/aromatic N) is 1. The molecule has 5 nitrogen and oxygen atoms in total. The molecular formula is C21H25NO4. The number of rotatable bonds is 6. The number of carboxylic acid groups (broad SMARTS) is 1. The van der Waals surface area contributed by atoms with Crippen molar-refractivity contribution in [3.63, 3.8) is 0 Å². The number of methoxy groups -OCH3 is 2. The van der Waals surface area contributed by atoms with Crippen LogP contribution in [0.4, 0.5) is 0 Å². The first-order valence-electron chi connectivity index (χ1n) is 8.79. The Labute approximate surface area is 154 Å². The fraction of sp³-hybridized carbons (Fsp3) is 0.381. The summed E-state index contributed by atoms with van der Waals surface area (Å²) in [4.78, 5) is 14.1. The summed E-state index contributed by atoms with van der Waals surface area (Å²) in [5, 5.41) is 9.90. The third-order valence-electron chi connectivity index (χ3n) is 5.14. The Morgan fingerprint density at radius 1 is 1.15 bits per heavy atom. The van der Waals surface area contributed by atoms with Gasteiger partial charge in [-0.2, -0.15) is 0 Å². The van der Waals surface area contributed by atoms with E-state index in [2.05, 4.69) is 19.1 Å². The zero-order chi connectivity index (χ0) is 18.7. The lowest BCUT2D eigenvalue weighted by Gasteiger charge is -2.25. The van der Waals surface area contributed by atoms with E-state index in [1.54, 1.807) is 32.4 Å². The average Bonchev–Trinajstić information content (AvgIpc) is 3.10. The van der Waals surface area contributed by atoms with E-state index in [1.165, 1.54) is 11.1 Å². The summed E-state index contributed by atoms with van der Waals surface area (Å²) in [6.45, 7) is 3.58. The van der Waals surface area contributed by atoms with E-state index < -0.39 is 12.0 Å². The second-order valence-electron chi connectivity index (χ2n) is 6.72. The van der Waals surface area contributed by atoms with Crippen molar-refractivity contribution in [1.82, 2.24) is 4.90 Å². The highest BCUT2D eigenvalue weighted by Crippen LogP contribution is 2.36. The molecule has 0 aliphatic carbocycles. The predicted molar refractivity (Wildman–Crippen MR) is 100 cm³/mol. The molecule has 2 atom stereocenters. The van der Waals surface area contributed by atoms with Gasteiger partial charge in [0.05, 0.1) is 14.2 Å². The summed E-state index contributed by atoms with van der Waals surface area (Å²) in [5.41, 5.74) is 3.25. The van der Waals surface area contributed by atoms with Gasteiger partial charge in [0, 0.05) is 12.6 Å². The first kappa shape index (κ1) is 18.3. The molecule has 1 N–H and O–H groups in total. The third kappa shape index (κ3) is 3.68. The van der Waals surface area contributed by atoms with Crippen LogP contribution >= 0.6 is 0 Å². The van der Waals surface area contributed by atoms with Crippen molar-refractivity contribution in [2.24, 2.45) is 0 Å². The highest BCUT2D eigenvalue weighted by Gasteiger charge is 2.35. The van der Waals surface area contributed by atoms with Crippen LogP contribution in [0.25, 0.3) is 0 Å². The minimum atomic E-state index is -0.856. The minimum Gasteiger partial charge on any atom is -0.497 e. The molecule has 2 aromatic carbocycles. The molecule has 0 amide bonds. The number of ether oxygens (including phenoxy) is 2. The zero-order valence-electron chi connectivity index (χ0n) is 15.4. The predicted octanol–water partition coefficient (Wildman–Crippen LogP) is 3.63. The van der Waals surface area contributed by atoms with Crippen LogP contribution in [0.1, 0.15) is 35.1 Å². The Kier molecular flexibility index (Phi) is 5.47. The van der Waals surface area contributed by atoms with Crippen LogP contribution in [0.3, 0.4) is 0 Å². The molecule has 2 unspecified atom stereocenters. The second-order valence-corrected chi connectivity index (χ2v) is 6.72. The van der Waals surface area contributed by atoms with Crippen molar-refractivity contribution in [2.45, 2.75) is 25.3 Å². The Bertz CT molecular complexity index is 767. The highest BCUT2D eigenvalue weighted by atomic mass is 16.5. The van der Waals surface area contributed by atoms with Gasteiger partial charge in [0.25, 0.3) is 0 Å². The van der Waals surface area contributed by atoms with Crippen molar-refractivity contribution in [3.8, 4) is 11.5 Å². The van der Waals surface area contributed by atoms with Crippen LogP contribution in [-0.2, 0) is 4.79 Å². The maximum Gasteiger partial charge on any atom is 0.325 e. The lowest BCUT2D eigenvalue weighted by Crippen LogP contribution is -2.32.